The van der Waals surface area contributed by atoms with Gasteiger partial charge in [-0.05, 0) is 13.0 Å². The van der Waals surface area contributed by atoms with Gasteiger partial charge in [-0.1, -0.05) is 11.8 Å². The first-order valence-electron chi connectivity index (χ1n) is 5.28. The maximum Gasteiger partial charge on any atom is 0.316 e. The standard InChI is InChI=1S/C12H15N3O2S/c1-8-5-10(15(2)3)9(6-13)12(14-8)18-7-11(16)17-4/h5H,7H2,1-4H3. The molecule has 1 aromatic heterocycles. The Labute approximate surface area is 111 Å². The van der Waals surface area contributed by atoms with Gasteiger partial charge in [0.15, 0.2) is 0 Å². The van der Waals surface area contributed by atoms with Gasteiger partial charge < -0.3 is 9.64 Å². The van der Waals surface area contributed by atoms with Crippen molar-refractivity contribution in [3.8, 4) is 6.07 Å². The lowest BCUT2D eigenvalue weighted by Crippen LogP contribution is -2.12. The summed E-state index contributed by atoms with van der Waals surface area (Å²) in [6, 6.07) is 3.99. The van der Waals surface area contributed by atoms with Gasteiger partial charge in [-0.25, -0.2) is 4.98 Å². The Hall–Kier alpha value is -1.74. The minimum atomic E-state index is -0.335. The van der Waals surface area contributed by atoms with Gasteiger partial charge in [0.25, 0.3) is 0 Å². The number of esters is 1. The molecule has 0 unspecified atom stereocenters. The number of aryl methyl sites for hydroxylation is 1. The number of hydrogen-bond donors (Lipinski definition) is 0. The van der Waals surface area contributed by atoms with Crippen molar-refractivity contribution in [2.24, 2.45) is 0 Å². The normalized spacial score (nSPS) is 9.72. The third-order valence-corrected chi connectivity index (χ3v) is 3.19. The number of carbonyl (C=O) groups excluding carboxylic acids is 1. The lowest BCUT2D eigenvalue weighted by molar-refractivity contribution is -0.137. The van der Waals surface area contributed by atoms with E-state index in [-0.39, 0.29) is 11.7 Å². The number of aromatic nitrogens is 1. The molecular formula is C12H15N3O2S. The number of thioether (sulfide) groups is 1. The van der Waals surface area contributed by atoms with Crippen molar-refractivity contribution in [3.63, 3.8) is 0 Å². The Morgan fingerprint density at radius 1 is 1.61 bits per heavy atom. The van der Waals surface area contributed by atoms with E-state index in [9.17, 15) is 10.1 Å². The van der Waals surface area contributed by atoms with E-state index in [1.165, 1.54) is 18.9 Å². The van der Waals surface area contributed by atoms with Crippen LogP contribution in [-0.2, 0) is 9.53 Å². The maximum atomic E-state index is 11.1. The van der Waals surface area contributed by atoms with E-state index in [1.54, 1.807) is 0 Å². The van der Waals surface area contributed by atoms with Gasteiger partial charge >= 0.3 is 5.97 Å². The predicted molar refractivity (Wildman–Crippen MR) is 70.8 cm³/mol. The number of nitriles is 1. The molecule has 0 N–H and O–H groups in total. The van der Waals surface area contributed by atoms with Crippen LogP contribution >= 0.6 is 11.8 Å². The van der Waals surface area contributed by atoms with Crippen molar-refractivity contribution in [3.05, 3.63) is 17.3 Å². The molecular weight excluding hydrogens is 250 g/mol. The number of pyridine rings is 1. The highest BCUT2D eigenvalue weighted by molar-refractivity contribution is 7.99. The fourth-order valence-electron chi connectivity index (χ4n) is 1.38. The van der Waals surface area contributed by atoms with E-state index < -0.39 is 0 Å². The molecule has 96 valence electrons. The summed E-state index contributed by atoms with van der Waals surface area (Å²) in [5, 5.41) is 9.78. The Kier molecular flexibility index (Phi) is 4.98. The molecule has 1 rings (SSSR count). The Bertz CT molecular complexity index is 495. The molecule has 0 aromatic carbocycles. The number of nitrogens with zero attached hydrogens (tertiary/aromatic N) is 3. The van der Waals surface area contributed by atoms with E-state index in [1.807, 2.05) is 32.0 Å². The molecule has 6 heteroatoms. The van der Waals surface area contributed by atoms with Crippen LogP contribution in [0.15, 0.2) is 11.1 Å². The molecule has 5 nitrogen and oxygen atoms in total. The van der Waals surface area contributed by atoms with E-state index >= 15 is 0 Å². The number of methoxy groups -OCH3 is 1. The summed E-state index contributed by atoms with van der Waals surface area (Å²) in [6.45, 7) is 1.86. The van der Waals surface area contributed by atoms with Crippen LogP contribution in [0.25, 0.3) is 0 Å². The number of anilines is 1. The molecule has 0 amide bonds. The van der Waals surface area contributed by atoms with E-state index in [0.29, 0.717) is 10.6 Å². The van der Waals surface area contributed by atoms with Crippen molar-refractivity contribution in [2.75, 3.05) is 31.9 Å². The molecule has 0 radical (unpaired) electrons. The summed E-state index contributed by atoms with van der Waals surface area (Å²) >= 11 is 1.22. The molecule has 0 fully saturated rings. The summed E-state index contributed by atoms with van der Waals surface area (Å²) in [7, 11) is 5.07. The fraction of sp³-hybridized carbons (Fsp3) is 0.417. The minimum absolute atomic E-state index is 0.147. The summed E-state index contributed by atoms with van der Waals surface area (Å²) < 4.78 is 4.57. The number of rotatable bonds is 4. The molecule has 1 heterocycles. The first-order valence-corrected chi connectivity index (χ1v) is 6.26. The van der Waals surface area contributed by atoms with Crippen molar-refractivity contribution in [1.82, 2.24) is 4.98 Å². The second-order valence-electron chi connectivity index (χ2n) is 3.83. The number of hydrogen-bond acceptors (Lipinski definition) is 6. The number of ether oxygens (including phenoxy) is 1. The van der Waals surface area contributed by atoms with Crippen LogP contribution in [0.2, 0.25) is 0 Å². The maximum absolute atomic E-state index is 11.1. The molecule has 0 atom stereocenters. The van der Waals surface area contributed by atoms with Crippen molar-refractivity contribution in [1.29, 1.82) is 5.26 Å². The molecule has 0 spiro atoms. The SMILES string of the molecule is COC(=O)CSc1nc(C)cc(N(C)C)c1C#N. The van der Waals surface area contributed by atoms with Crippen LogP contribution in [0.4, 0.5) is 5.69 Å². The highest BCUT2D eigenvalue weighted by Crippen LogP contribution is 2.28. The quantitative estimate of drug-likeness (QED) is 0.608. The van der Waals surface area contributed by atoms with Crippen LogP contribution in [0, 0.1) is 18.3 Å². The fourth-order valence-corrected chi connectivity index (χ4v) is 2.25. The minimum Gasteiger partial charge on any atom is -0.468 e. The Morgan fingerprint density at radius 2 is 2.28 bits per heavy atom. The second kappa shape index (κ2) is 6.26. The second-order valence-corrected chi connectivity index (χ2v) is 4.80. The first kappa shape index (κ1) is 14.3. The van der Waals surface area contributed by atoms with Gasteiger partial charge in [-0.15, -0.1) is 0 Å². The molecule has 0 aliphatic carbocycles. The molecule has 0 saturated heterocycles. The molecule has 0 aliphatic heterocycles. The van der Waals surface area contributed by atoms with Gasteiger partial charge in [-0.2, -0.15) is 5.26 Å². The Morgan fingerprint density at radius 3 is 2.78 bits per heavy atom. The first-order chi connectivity index (χ1) is 8.49. The lowest BCUT2D eigenvalue weighted by atomic mass is 10.2. The summed E-state index contributed by atoms with van der Waals surface area (Å²) in [4.78, 5) is 17.3. The predicted octanol–water partition coefficient (Wildman–Crippen LogP) is 1.59. The topological polar surface area (TPSA) is 66.2 Å². The van der Waals surface area contributed by atoms with Gasteiger partial charge in [0.05, 0.1) is 18.6 Å². The highest BCUT2D eigenvalue weighted by Gasteiger charge is 2.14. The molecule has 0 aliphatic rings. The van der Waals surface area contributed by atoms with Crippen molar-refractivity contribution >= 4 is 23.4 Å². The van der Waals surface area contributed by atoms with Crippen molar-refractivity contribution in [2.45, 2.75) is 11.9 Å². The molecule has 18 heavy (non-hydrogen) atoms. The van der Waals surface area contributed by atoms with Gasteiger partial charge in [-0.3, -0.25) is 4.79 Å². The van der Waals surface area contributed by atoms with Crippen LogP contribution in [0.3, 0.4) is 0 Å². The molecule has 1 aromatic rings. The average molecular weight is 265 g/mol. The lowest BCUT2D eigenvalue weighted by Gasteiger charge is -2.16. The van der Waals surface area contributed by atoms with Crippen LogP contribution in [0.1, 0.15) is 11.3 Å². The highest BCUT2D eigenvalue weighted by atomic mass is 32.2. The third-order valence-electron chi connectivity index (χ3n) is 2.24. The van der Waals surface area contributed by atoms with E-state index in [2.05, 4.69) is 15.8 Å². The van der Waals surface area contributed by atoms with Crippen LogP contribution in [0.5, 0.6) is 0 Å². The largest absolute Gasteiger partial charge is 0.468 e. The number of carbonyl (C=O) groups is 1. The summed E-state index contributed by atoms with van der Waals surface area (Å²) in [5.41, 5.74) is 2.10. The van der Waals surface area contributed by atoms with E-state index in [4.69, 9.17) is 0 Å². The third kappa shape index (κ3) is 3.37. The van der Waals surface area contributed by atoms with Crippen LogP contribution < -0.4 is 4.90 Å². The van der Waals surface area contributed by atoms with Gasteiger partial charge in [0, 0.05) is 19.8 Å². The molecule has 0 saturated carbocycles. The van der Waals surface area contributed by atoms with Crippen molar-refractivity contribution < 1.29 is 9.53 Å². The Balaban J connectivity index is 3.10. The zero-order valence-electron chi connectivity index (χ0n) is 10.9. The zero-order chi connectivity index (χ0) is 13.7. The average Bonchev–Trinajstić information content (AvgIpc) is 2.34. The summed E-state index contributed by atoms with van der Waals surface area (Å²) in [6.07, 6.45) is 0. The molecule has 0 bridgehead atoms. The van der Waals surface area contributed by atoms with Crippen LogP contribution in [-0.4, -0.2) is 37.9 Å². The van der Waals surface area contributed by atoms with Gasteiger partial charge in [0.1, 0.15) is 16.7 Å². The van der Waals surface area contributed by atoms with E-state index in [0.717, 1.165) is 11.4 Å². The monoisotopic (exact) mass is 265 g/mol. The van der Waals surface area contributed by atoms with Gasteiger partial charge in [0.2, 0.25) is 0 Å². The summed E-state index contributed by atoms with van der Waals surface area (Å²) in [5.74, 6) is -0.187. The smallest absolute Gasteiger partial charge is 0.316 e. The zero-order valence-corrected chi connectivity index (χ0v) is 11.7.